The Balaban J connectivity index is 2.19. The standard InChI is InChI=1S/C12H15FN2O/c1-9-2-3-10(11(13)8-9)12(16)15-6-4-14-5-7-15/h2-3,8,14H,4-7H2,1H3. The van der Waals surface area contributed by atoms with Crippen molar-refractivity contribution < 1.29 is 9.18 Å². The second-order valence-electron chi connectivity index (χ2n) is 4.03. The monoisotopic (exact) mass is 222 g/mol. The molecule has 0 unspecified atom stereocenters. The molecule has 0 saturated carbocycles. The Morgan fingerprint density at radius 3 is 2.69 bits per heavy atom. The molecule has 2 rings (SSSR count). The third-order valence-corrected chi connectivity index (χ3v) is 2.76. The maximum absolute atomic E-state index is 13.6. The highest BCUT2D eigenvalue weighted by Crippen LogP contribution is 2.12. The second kappa shape index (κ2) is 4.61. The first-order valence-electron chi connectivity index (χ1n) is 5.44. The van der Waals surface area contributed by atoms with Gasteiger partial charge in [-0.25, -0.2) is 4.39 Å². The van der Waals surface area contributed by atoms with Crippen molar-refractivity contribution in [3.63, 3.8) is 0 Å². The van der Waals surface area contributed by atoms with Crippen molar-refractivity contribution in [1.29, 1.82) is 0 Å². The lowest BCUT2D eigenvalue weighted by Gasteiger charge is -2.27. The average Bonchev–Trinajstić information content (AvgIpc) is 2.29. The molecule has 0 spiro atoms. The number of aryl methyl sites for hydroxylation is 1. The van der Waals surface area contributed by atoms with E-state index in [0.717, 1.165) is 18.7 Å². The summed E-state index contributed by atoms with van der Waals surface area (Å²) in [7, 11) is 0. The van der Waals surface area contributed by atoms with Crippen LogP contribution in [0.4, 0.5) is 4.39 Å². The molecular formula is C12H15FN2O. The number of carbonyl (C=O) groups excluding carboxylic acids is 1. The van der Waals surface area contributed by atoms with E-state index in [1.54, 1.807) is 17.0 Å². The van der Waals surface area contributed by atoms with Crippen LogP contribution in [0.3, 0.4) is 0 Å². The lowest BCUT2D eigenvalue weighted by Crippen LogP contribution is -2.46. The lowest BCUT2D eigenvalue weighted by molar-refractivity contribution is 0.0731. The Hall–Kier alpha value is -1.42. The molecule has 1 aliphatic rings. The summed E-state index contributed by atoms with van der Waals surface area (Å²) in [5, 5.41) is 3.16. The quantitative estimate of drug-likeness (QED) is 0.774. The Kier molecular flexibility index (Phi) is 3.19. The number of nitrogens with zero attached hydrogens (tertiary/aromatic N) is 1. The third kappa shape index (κ3) is 2.22. The van der Waals surface area contributed by atoms with Crippen molar-refractivity contribution in [3.05, 3.63) is 35.1 Å². The summed E-state index contributed by atoms with van der Waals surface area (Å²) in [6, 6.07) is 4.73. The zero-order chi connectivity index (χ0) is 11.5. The molecule has 1 aromatic carbocycles. The van der Waals surface area contributed by atoms with E-state index in [-0.39, 0.29) is 11.5 Å². The number of carbonyl (C=O) groups is 1. The Morgan fingerprint density at radius 2 is 2.06 bits per heavy atom. The molecule has 0 bridgehead atoms. The summed E-state index contributed by atoms with van der Waals surface area (Å²) in [6.07, 6.45) is 0. The van der Waals surface area contributed by atoms with Crippen LogP contribution in [0.5, 0.6) is 0 Å². The van der Waals surface area contributed by atoms with Crippen molar-refractivity contribution in [2.24, 2.45) is 0 Å². The second-order valence-corrected chi connectivity index (χ2v) is 4.03. The Bertz CT molecular complexity index is 400. The molecule has 0 atom stereocenters. The minimum absolute atomic E-state index is 0.174. The molecule has 86 valence electrons. The van der Waals surface area contributed by atoms with Gasteiger partial charge in [0.25, 0.3) is 5.91 Å². The fourth-order valence-corrected chi connectivity index (χ4v) is 1.83. The van der Waals surface area contributed by atoms with Gasteiger partial charge >= 0.3 is 0 Å². The van der Waals surface area contributed by atoms with Gasteiger partial charge in [-0.1, -0.05) is 6.07 Å². The first-order valence-corrected chi connectivity index (χ1v) is 5.44. The highest BCUT2D eigenvalue weighted by molar-refractivity contribution is 5.94. The molecule has 1 amide bonds. The molecule has 0 aliphatic carbocycles. The Morgan fingerprint density at radius 1 is 1.38 bits per heavy atom. The molecule has 0 aromatic heterocycles. The van der Waals surface area contributed by atoms with Crippen LogP contribution in [0.1, 0.15) is 15.9 Å². The molecule has 1 fully saturated rings. The van der Waals surface area contributed by atoms with Gasteiger partial charge in [0.1, 0.15) is 5.82 Å². The van der Waals surface area contributed by atoms with Crippen molar-refractivity contribution in [3.8, 4) is 0 Å². The van der Waals surface area contributed by atoms with Crippen molar-refractivity contribution in [2.75, 3.05) is 26.2 Å². The largest absolute Gasteiger partial charge is 0.336 e. The van der Waals surface area contributed by atoms with Gasteiger partial charge in [-0.2, -0.15) is 0 Å². The summed E-state index contributed by atoms with van der Waals surface area (Å²) in [4.78, 5) is 13.7. The van der Waals surface area contributed by atoms with Gasteiger partial charge in [-0.3, -0.25) is 4.79 Å². The van der Waals surface area contributed by atoms with E-state index in [9.17, 15) is 9.18 Å². The third-order valence-electron chi connectivity index (χ3n) is 2.76. The zero-order valence-electron chi connectivity index (χ0n) is 9.29. The number of hydrogen-bond acceptors (Lipinski definition) is 2. The number of benzene rings is 1. The number of rotatable bonds is 1. The molecule has 0 radical (unpaired) electrons. The van der Waals surface area contributed by atoms with Crippen molar-refractivity contribution in [2.45, 2.75) is 6.92 Å². The molecule has 1 aliphatic heterocycles. The van der Waals surface area contributed by atoms with Gasteiger partial charge in [-0.05, 0) is 24.6 Å². The molecular weight excluding hydrogens is 207 g/mol. The first-order chi connectivity index (χ1) is 7.68. The maximum atomic E-state index is 13.6. The molecule has 1 heterocycles. The summed E-state index contributed by atoms with van der Waals surface area (Å²) >= 11 is 0. The van der Waals surface area contributed by atoms with Crippen LogP contribution in [0.25, 0.3) is 0 Å². The number of nitrogens with one attached hydrogen (secondary N) is 1. The van der Waals surface area contributed by atoms with Gasteiger partial charge in [-0.15, -0.1) is 0 Å². The molecule has 3 nitrogen and oxygen atoms in total. The minimum atomic E-state index is -0.427. The van der Waals surface area contributed by atoms with Crippen LogP contribution in [0, 0.1) is 12.7 Å². The highest BCUT2D eigenvalue weighted by atomic mass is 19.1. The Labute approximate surface area is 94.3 Å². The van der Waals surface area contributed by atoms with Crippen LogP contribution in [-0.4, -0.2) is 37.0 Å². The fraction of sp³-hybridized carbons (Fsp3) is 0.417. The SMILES string of the molecule is Cc1ccc(C(=O)N2CCNCC2)c(F)c1. The van der Waals surface area contributed by atoms with E-state index in [0.29, 0.717) is 13.1 Å². The topological polar surface area (TPSA) is 32.3 Å². The van der Waals surface area contributed by atoms with Gasteiger partial charge in [0.2, 0.25) is 0 Å². The van der Waals surface area contributed by atoms with E-state index in [1.807, 2.05) is 6.92 Å². The average molecular weight is 222 g/mol. The van der Waals surface area contributed by atoms with E-state index in [4.69, 9.17) is 0 Å². The summed E-state index contributed by atoms with van der Waals surface area (Å²) in [5.41, 5.74) is 1.00. The van der Waals surface area contributed by atoms with E-state index in [1.165, 1.54) is 6.07 Å². The highest BCUT2D eigenvalue weighted by Gasteiger charge is 2.20. The molecule has 1 N–H and O–H groups in total. The fourth-order valence-electron chi connectivity index (χ4n) is 1.83. The van der Waals surface area contributed by atoms with Crippen LogP contribution in [-0.2, 0) is 0 Å². The van der Waals surface area contributed by atoms with Gasteiger partial charge < -0.3 is 10.2 Å². The summed E-state index contributed by atoms with van der Waals surface area (Å²) < 4.78 is 13.6. The lowest BCUT2D eigenvalue weighted by atomic mass is 10.1. The molecule has 1 aromatic rings. The van der Waals surface area contributed by atoms with Crippen molar-refractivity contribution in [1.82, 2.24) is 10.2 Å². The van der Waals surface area contributed by atoms with Crippen molar-refractivity contribution >= 4 is 5.91 Å². The first kappa shape index (κ1) is 11.1. The number of amides is 1. The molecule has 16 heavy (non-hydrogen) atoms. The predicted molar refractivity (Wildman–Crippen MR) is 59.9 cm³/mol. The zero-order valence-corrected chi connectivity index (χ0v) is 9.29. The van der Waals surface area contributed by atoms with Crippen LogP contribution < -0.4 is 5.32 Å². The van der Waals surface area contributed by atoms with E-state index >= 15 is 0 Å². The van der Waals surface area contributed by atoms with Gasteiger partial charge in [0.05, 0.1) is 5.56 Å². The smallest absolute Gasteiger partial charge is 0.256 e. The van der Waals surface area contributed by atoms with E-state index < -0.39 is 5.82 Å². The summed E-state index contributed by atoms with van der Waals surface area (Å²) in [5.74, 6) is -0.637. The molecule has 4 heteroatoms. The number of hydrogen-bond donors (Lipinski definition) is 1. The maximum Gasteiger partial charge on any atom is 0.256 e. The van der Waals surface area contributed by atoms with E-state index in [2.05, 4.69) is 5.32 Å². The normalized spacial score (nSPS) is 16.2. The van der Waals surface area contributed by atoms with Gasteiger partial charge in [0, 0.05) is 26.2 Å². The summed E-state index contributed by atoms with van der Waals surface area (Å²) in [6.45, 7) is 4.65. The predicted octanol–water partition coefficient (Wildman–Crippen LogP) is 1.18. The van der Waals surface area contributed by atoms with Crippen LogP contribution >= 0.6 is 0 Å². The molecule has 1 saturated heterocycles. The van der Waals surface area contributed by atoms with Gasteiger partial charge in [0.15, 0.2) is 0 Å². The number of piperazine rings is 1. The minimum Gasteiger partial charge on any atom is -0.336 e. The van der Waals surface area contributed by atoms with Crippen LogP contribution in [0.2, 0.25) is 0 Å². The van der Waals surface area contributed by atoms with Crippen LogP contribution in [0.15, 0.2) is 18.2 Å². The number of halogens is 1.